The third-order valence-electron chi connectivity index (χ3n) is 7.44. The van der Waals surface area contributed by atoms with Crippen molar-refractivity contribution in [1.82, 2.24) is 38.8 Å². The van der Waals surface area contributed by atoms with Crippen LogP contribution >= 0.6 is 0 Å². The fourth-order valence-electron chi connectivity index (χ4n) is 5.45. The third kappa shape index (κ3) is 5.33. The second-order valence-electron chi connectivity index (χ2n) is 10.5. The van der Waals surface area contributed by atoms with Gasteiger partial charge >= 0.3 is 6.18 Å². The number of nitrogens with zero attached hydrogens (tertiary/aromatic N) is 8. The van der Waals surface area contributed by atoms with E-state index in [2.05, 4.69) is 20.2 Å². The molecule has 1 aromatic carbocycles. The molecule has 0 aliphatic carbocycles. The number of fused-ring (bicyclic) bond motifs is 1. The lowest BCUT2D eigenvalue weighted by atomic mass is 10.0. The minimum absolute atomic E-state index is 0.0518. The number of benzene rings is 1. The zero-order chi connectivity index (χ0) is 28.7. The Bertz CT molecular complexity index is 1730. The molecule has 212 valence electrons. The molecule has 6 rings (SSSR count). The molecule has 4 aromatic heterocycles. The monoisotopic (exact) mass is 562 g/mol. The standard InChI is InChI=1S/C29H29F3N8O/c1-19-14-20(6-7-22(19)28(41)38-10-4-3-5-11-38)15-24-27-34-16-25(40(27)13-9-33-24)23-18-39(36-26(23)29(30,31)32)17-21-8-12-37(2)35-21/h6-9,12-14,16,18H,3-5,10-11,15,17H2,1-2H3. The van der Waals surface area contributed by atoms with Crippen molar-refractivity contribution in [2.45, 2.75) is 45.3 Å². The maximum atomic E-state index is 14.0. The van der Waals surface area contributed by atoms with E-state index in [-0.39, 0.29) is 23.7 Å². The van der Waals surface area contributed by atoms with Crippen molar-refractivity contribution in [2.75, 3.05) is 13.1 Å². The number of likely N-dealkylation sites (tertiary alicyclic amines) is 1. The van der Waals surface area contributed by atoms with Crippen LogP contribution in [0, 0.1) is 6.92 Å². The summed E-state index contributed by atoms with van der Waals surface area (Å²) in [5.41, 5.74) is 3.37. The van der Waals surface area contributed by atoms with E-state index in [9.17, 15) is 18.0 Å². The number of amides is 1. The molecule has 0 spiro atoms. The van der Waals surface area contributed by atoms with E-state index in [1.807, 2.05) is 30.0 Å². The van der Waals surface area contributed by atoms with Crippen molar-refractivity contribution < 1.29 is 18.0 Å². The van der Waals surface area contributed by atoms with Crippen molar-refractivity contribution in [1.29, 1.82) is 0 Å². The van der Waals surface area contributed by atoms with Crippen LogP contribution in [0.15, 0.2) is 55.2 Å². The number of alkyl halides is 3. The second-order valence-corrected chi connectivity index (χ2v) is 10.5. The molecule has 1 amide bonds. The van der Waals surface area contributed by atoms with Gasteiger partial charge in [-0.25, -0.2) is 4.98 Å². The predicted molar refractivity (Wildman–Crippen MR) is 145 cm³/mol. The molecule has 0 bridgehead atoms. The number of halogens is 3. The quantitative estimate of drug-likeness (QED) is 0.293. The summed E-state index contributed by atoms with van der Waals surface area (Å²) in [5.74, 6) is 0.0518. The molecular weight excluding hydrogens is 533 g/mol. The SMILES string of the molecule is Cc1cc(Cc2nccn3c(-c4cn(Cc5ccn(C)n5)nc4C(F)(F)F)cnc23)ccc1C(=O)N1CCCCC1. The number of aromatic nitrogens is 7. The molecule has 0 atom stereocenters. The summed E-state index contributed by atoms with van der Waals surface area (Å²) in [4.78, 5) is 23.9. The number of imidazole rings is 1. The van der Waals surface area contributed by atoms with Crippen LogP contribution in [0.3, 0.4) is 0 Å². The van der Waals surface area contributed by atoms with Crippen molar-refractivity contribution in [3.63, 3.8) is 0 Å². The number of hydrogen-bond donors (Lipinski definition) is 0. The molecule has 41 heavy (non-hydrogen) atoms. The first-order chi connectivity index (χ1) is 19.7. The highest BCUT2D eigenvalue weighted by atomic mass is 19.4. The number of piperidine rings is 1. The van der Waals surface area contributed by atoms with E-state index in [0.717, 1.165) is 43.5 Å². The van der Waals surface area contributed by atoms with Gasteiger partial charge in [0.15, 0.2) is 11.3 Å². The lowest BCUT2D eigenvalue weighted by Crippen LogP contribution is -2.35. The zero-order valence-electron chi connectivity index (χ0n) is 22.8. The van der Waals surface area contributed by atoms with Crippen molar-refractivity contribution >= 4 is 11.6 Å². The highest BCUT2D eigenvalue weighted by Gasteiger charge is 2.38. The summed E-state index contributed by atoms with van der Waals surface area (Å²) in [5, 5.41) is 8.10. The zero-order valence-corrected chi connectivity index (χ0v) is 22.8. The molecule has 9 nitrogen and oxygen atoms in total. The molecule has 0 N–H and O–H groups in total. The maximum absolute atomic E-state index is 14.0. The Labute approximate surface area is 234 Å². The second kappa shape index (κ2) is 10.5. The molecule has 0 unspecified atom stereocenters. The molecule has 12 heteroatoms. The molecule has 5 heterocycles. The smallest absolute Gasteiger partial charge is 0.339 e. The van der Waals surface area contributed by atoms with Gasteiger partial charge in [0.25, 0.3) is 5.91 Å². The fraction of sp³-hybridized carbons (Fsp3) is 0.345. The minimum atomic E-state index is -4.66. The van der Waals surface area contributed by atoms with Crippen LogP contribution in [0.4, 0.5) is 13.2 Å². The van der Waals surface area contributed by atoms with E-state index in [1.165, 1.54) is 17.1 Å². The summed E-state index contributed by atoms with van der Waals surface area (Å²) >= 11 is 0. The van der Waals surface area contributed by atoms with Crippen LogP contribution in [-0.4, -0.2) is 57.8 Å². The van der Waals surface area contributed by atoms with E-state index in [4.69, 9.17) is 0 Å². The van der Waals surface area contributed by atoms with Crippen LogP contribution < -0.4 is 0 Å². The predicted octanol–water partition coefficient (Wildman–Crippen LogP) is 4.92. The highest BCUT2D eigenvalue weighted by Crippen LogP contribution is 2.36. The lowest BCUT2D eigenvalue weighted by molar-refractivity contribution is -0.141. The number of carbonyl (C=O) groups excluding carboxylic acids is 1. The van der Waals surface area contributed by atoms with Crippen LogP contribution in [0.2, 0.25) is 0 Å². The Morgan fingerprint density at radius 1 is 1.02 bits per heavy atom. The number of carbonyl (C=O) groups is 1. The number of rotatable bonds is 6. The summed E-state index contributed by atoms with van der Waals surface area (Å²) in [6.07, 6.45) is 6.64. The van der Waals surface area contributed by atoms with Gasteiger partial charge < -0.3 is 4.90 Å². The Balaban J connectivity index is 1.30. The molecule has 1 aliphatic heterocycles. The Morgan fingerprint density at radius 2 is 1.83 bits per heavy atom. The molecule has 1 fully saturated rings. The summed E-state index contributed by atoms with van der Waals surface area (Å²) in [6.45, 7) is 3.59. The van der Waals surface area contributed by atoms with Crippen molar-refractivity contribution in [2.24, 2.45) is 7.05 Å². The molecule has 1 aliphatic rings. The van der Waals surface area contributed by atoms with Gasteiger partial charge in [0.1, 0.15) is 0 Å². The van der Waals surface area contributed by atoms with Crippen molar-refractivity contribution in [3.05, 3.63) is 89.0 Å². The summed E-state index contributed by atoms with van der Waals surface area (Å²) in [6, 6.07) is 7.46. The van der Waals surface area contributed by atoms with E-state index >= 15 is 0 Å². The average molecular weight is 563 g/mol. The van der Waals surface area contributed by atoms with Crippen LogP contribution in [0.25, 0.3) is 16.9 Å². The Hall–Kier alpha value is -4.48. The summed E-state index contributed by atoms with van der Waals surface area (Å²) in [7, 11) is 1.74. The number of hydrogen-bond acceptors (Lipinski definition) is 5. The van der Waals surface area contributed by atoms with Gasteiger partial charge in [-0.2, -0.15) is 23.4 Å². The highest BCUT2D eigenvalue weighted by molar-refractivity contribution is 5.95. The van der Waals surface area contributed by atoms with Crippen molar-refractivity contribution in [3.8, 4) is 11.3 Å². The normalized spacial score (nSPS) is 14.2. The van der Waals surface area contributed by atoms with Gasteiger partial charge in [0.05, 0.1) is 35.4 Å². The average Bonchev–Trinajstić information content (AvgIpc) is 3.67. The lowest BCUT2D eigenvalue weighted by Gasteiger charge is -2.27. The molecule has 1 saturated heterocycles. The van der Waals surface area contributed by atoms with Gasteiger partial charge in [0, 0.05) is 56.9 Å². The summed E-state index contributed by atoms with van der Waals surface area (Å²) < 4.78 is 46.6. The first-order valence-corrected chi connectivity index (χ1v) is 13.5. The Kier molecular flexibility index (Phi) is 6.84. The van der Waals surface area contributed by atoms with E-state index < -0.39 is 11.9 Å². The van der Waals surface area contributed by atoms with E-state index in [0.29, 0.717) is 29.0 Å². The van der Waals surface area contributed by atoms with Gasteiger partial charge in [0.2, 0.25) is 0 Å². The Morgan fingerprint density at radius 3 is 2.54 bits per heavy atom. The van der Waals surface area contributed by atoms with Crippen LogP contribution in [-0.2, 0) is 26.2 Å². The van der Waals surface area contributed by atoms with Gasteiger partial charge in [-0.1, -0.05) is 12.1 Å². The number of aryl methyl sites for hydroxylation is 2. The van der Waals surface area contributed by atoms with Gasteiger partial charge in [-0.3, -0.25) is 23.5 Å². The van der Waals surface area contributed by atoms with E-state index in [1.54, 1.807) is 40.8 Å². The first-order valence-electron chi connectivity index (χ1n) is 13.5. The van der Waals surface area contributed by atoms with Crippen LogP contribution in [0.1, 0.15) is 57.8 Å². The van der Waals surface area contributed by atoms with Crippen LogP contribution in [0.5, 0.6) is 0 Å². The largest absolute Gasteiger partial charge is 0.435 e. The fourth-order valence-corrected chi connectivity index (χ4v) is 5.45. The topological polar surface area (TPSA) is 86.1 Å². The molecular formula is C29H29F3N8O. The molecule has 5 aromatic rings. The molecule has 0 saturated carbocycles. The third-order valence-corrected chi connectivity index (χ3v) is 7.44. The van der Waals surface area contributed by atoms with Gasteiger partial charge in [-0.15, -0.1) is 0 Å². The minimum Gasteiger partial charge on any atom is -0.339 e. The molecule has 0 radical (unpaired) electrons. The first kappa shape index (κ1) is 26.7. The maximum Gasteiger partial charge on any atom is 0.435 e. The van der Waals surface area contributed by atoms with Gasteiger partial charge in [-0.05, 0) is 49.4 Å².